The second-order valence-electron chi connectivity index (χ2n) is 16.8. The van der Waals surface area contributed by atoms with E-state index in [9.17, 15) is 0 Å². The normalized spacial score (nSPS) is 12.1. The first-order valence-electron chi connectivity index (χ1n) is 22.0. The van der Waals surface area contributed by atoms with Crippen molar-refractivity contribution in [2.45, 2.75) is 0 Å². The number of aromatic nitrogens is 2. The number of para-hydroxylation sites is 4. The largest absolute Gasteiger partial charge is 0.456 e. The van der Waals surface area contributed by atoms with Gasteiger partial charge in [0.25, 0.3) is 0 Å². The summed E-state index contributed by atoms with van der Waals surface area (Å²) in [5.74, 6) is 0. The molecule has 0 aliphatic heterocycles. The zero-order valence-electron chi connectivity index (χ0n) is 34.9. The van der Waals surface area contributed by atoms with Gasteiger partial charge in [-0.15, -0.1) is 0 Å². The summed E-state index contributed by atoms with van der Waals surface area (Å²) in [5, 5.41) is 12.5. The summed E-state index contributed by atoms with van der Waals surface area (Å²) in [6.07, 6.45) is 0. The monoisotopic (exact) mass is 832 g/mol. The molecule has 10 aromatic carbocycles. The van der Waals surface area contributed by atoms with Crippen LogP contribution in [0.3, 0.4) is 0 Å². The molecule has 0 aliphatic carbocycles. The zero-order chi connectivity index (χ0) is 42.2. The average molecular weight is 833 g/mol. The summed E-state index contributed by atoms with van der Waals surface area (Å²) in [5.41, 5.74) is 11.1. The number of benzene rings is 10. The maximum atomic E-state index is 6.84. The van der Waals surface area contributed by atoms with Crippen LogP contribution in [0.1, 0.15) is 0 Å². The minimum Gasteiger partial charge on any atom is -0.456 e. The molecule has 4 heteroatoms. The summed E-state index contributed by atoms with van der Waals surface area (Å²) in [6.45, 7) is 0. The van der Waals surface area contributed by atoms with Gasteiger partial charge in [-0.1, -0.05) is 194 Å². The van der Waals surface area contributed by atoms with Crippen LogP contribution in [0.25, 0.3) is 88.1 Å². The summed E-state index contributed by atoms with van der Waals surface area (Å²) in [4.78, 5) is 0. The molecule has 0 bridgehead atoms. The van der Waals surface area contributed by atoms with Crippen LogP contribution in [-0.2, 0) is 0 Å². The molecule has 3 nitrogen and oxygen atoms in total. The lowest BCUT2D eigenvalue weighted by Crippen LogP contribution is -2.74. The van der Waals surface area contributed by atoms with E-state index in [-0.39, 0.29) is 0 Å². The minimum atomic E-state index is -2.81. The first-order valence-corrected chi connectivity index (χ1v) is 24.0. The number of nitrogens with zero attached hydrogens (tertiary/aromatic N) is 2. The SMILES string of the molecule is c1ccc(-n2c3ccccc3c3c(-n4c5ccccc5c5cccc(-c6cccc7oc8ccc([Si](c9ccccc9)(c9ccccc9)c9ccccc9)cc8c67)c54)cccc32)cc1. The molecule has 0 unspecified atom stereocenters. The Morgan fingerprint density at radius 1 is 0.312 bits per heavy atom. The lowest BCUT2D eigenvalue weighted by molar-refractivity contribution is 0.669. The number of hydrogen-bond acceptors (Lipinski definition) is 1. The maximum absolute atomic E-state index is 6.84. The van der Waals surface area contributed by atoms with Crippen molar-refractivity contribution < 1.29 is 4.42 Å². The molecule has 0 aliphatic rings. The van der Waals surface area contributed by atoms with Gasteiger partial charge in [-0.05, 0) is 74.8 Å². The maximum Gasteiger partial charge on any atom is 0.179 e. The fourth-order valence-corrected chi connectivity index (χ4v) is 15.6. The van der Waals surface area contributed by atoms with E-state index in [4.69, 9.17) is 4.42 Å². The number of hydrogen-bond donors (Lipinski definition) is 0. The van der Waals surface area contributed by atoms with Gasteiger partial charge in [0.1, 0.15) is 11.2 Å². The highest BCUT2D eigenvalue weighted by atomic mass is 28.3. The second kappa shape index (κ2) is 14.5. The van der Waals surface area contributed by atoms with Gasteiger partial charge < -0.3 is 13.6 Å². The van der Waals surface area contributed by atoms with Crippen LogP contribution in [0.15, 0.2) is 247 Å². The fourth-order valence-electron chi connectivity index (χ4n) is 10.9. The van der Waals surface area contributed by atoms with Gasteiger partial charge >= 0.3 is 0 Å². The van der Waals surface area contributed by atoms with Gasteiger partial charge in [-0.25, -0.2) is 0 Å². The predicted octanol–water partition coefficient (Wildman–Crippen LogP) is 12.8. The number of rotatable bonds is 7. The van der Waals surface area contributed by atoms with E-state index in [0.717, 1.165) is 44.4 Å². The Balaban J connectivity index is 1.12. The van der Waals surface area contributed by atoms with Crippen LogP contribution in [0.5, 0.6) is 0 Å². The van der Waals surface area contributed by atoms with Crippen LogP contribution in [-0.4, -0.2) is 17.2 Å². The van der Waals surface area contributed by atoms with Gasteiger partial charge in [0.2, 0.25) is 0 Å². The van der Waals surface area contributed by atoms with E-state index in [1.807, 2.05) is 0 Å². The van der Waals surface area contributed by atoms with Crippen LogP contribution >= 0.6 is 0 Å². The molecule has 13 rings (SSSR count). The van der Waals surface area contributed by atoms with Gasteiger partial charge in [-0.2, -0.15) is 0 Å². The highest BCUT2D eigenvalue weighted by molar-refractivity contribution is 7.20. The molecular weight excluding hydrogens is 793 g/mol. The molecule has 0 saturated heterocycles. The van der Waals surface area contributed by atoms with E-state index < -0.39 is 8.07 Å². The molecule has 0 N–H and O–H groups in total. The molecule has 0 amide bonds. The highest BCUT2D eigenvalue weighted by Gasteiger charge is 2.41. The van der Waals surface area contributed by atoms with Crippen molar-refractivity contribution in [1.82, 2.24) is 9.13 Å². The molecule has 13 aromatic rings. The lowest BCUT2D eigenvalue weighted by Gasteiger charge is -2.34. The van der Waals surface area contributed by atoms with Crippen LogP contribution in [0.2, 0.25) is 0 Å². The highest BCUT2D eigenvalue weighted by Crippen LogP contribution is 2.45. The van der Waals surface area contributed by atoms with Crippen molar-refractivity contribution in [1.29, 1.82) is 0 Å². The van der Waals surface area contributed by atoms with Gasteiger partial charge in [0, 0.05) is 43.6 Å². The van der Waals surface area contributed by atoms with E-state index in [2.05, 4.69) is 252 Å². The number of fused-ring (bicyclic) bond motifs is 9. The number of furan rings is 1. The van der Waals surface area contributed by atoms with Crippen molar-refractivity contribution in [2.75, 3.05) is 0 Å². The fraction of sp³-hybridized carbons (Fsp3) is 0. The minimum absolute atomic E-state index is 0.878. The second-order valence-corrected chi connectivity index (χ2v) is 20.6. The third kappa shape index (κ3) is 5.27. The Morgan fingerprint density at radius 3 is 1.53 bits per heavy atom. The quantitative estimate of drug-likeness (QED) is 0.116. The third-order valence-corrected chi connectivity index (χ3v) is 18.2. The smallest absolute Gasteiger partial charge is 0.179 e. The standard InChI is InChI=1S/C60H40N2OSi/c1-5-20-41(21-6-1)61-53-34-16-14-29-50(53)59-54(61)35-19-36-55(59)62-52-33-15-13-28-46(52)48-31-17-32-49(60(48)62)47-30-18-37-57-58(47)51-40-45(38-39-56(51)63-57)64(42-22-7-2-8-23-42,43-24-9-3-10-25-43)44-26-11-4-12-27-44/h1-40H. The van der Waals surface area contributed by atoms with Crippen molar-refractivity contribution in [3.63, 3.8) is 0 Å². The van der Waals surface area contributed by atoms with Crippen LogP contribution in [0, 0.1) is 0 Å². The molecular formula is C60H40N2OSi. The van der Waals surface area contributed by atoms with Crippen LogP contribution in [0.4, 0.5) is 0 Å². The summed E-state index contributed by atoms with van der Waals surface area (Å²) in [7, 11) is -2.81. The Hall–Kier alpha value is -8.18. The predicted molar refractivity (Wildman–Crippen MR) is 271 cm³/mol. The average Bonchev–Trinajstić information content (AvgIpc) is 4.03. The molecule has 64 heavy (non-hydrogen) atoms. The third-order valence-electron chi connectivity index (χ3n) is 13.5. The molecule has 300 valence electrons. The molecule has 0 radical (unpaired) electrons. The molecule has 0 spiro atoms. The van der Waals surface area contributed by atoms with E-state index in [1.165, 1.54) is 64.4 Å². The molecule has 0 atom stereocenters. The topological polar surface area (TPSA) is 23.0 Å². The molecule has 0 saturated carbocycles. The molecule has 3 heterocycles. The Bertz CT molecular complexity index is 3790. The Labute approximate surface area is 371 Å². The van der Waals surface area contributed by atoms with Crippen molar-refractivity contribution in [3.05, 3.63) is 243 Å². The van der Waals surface area contributed by atoms with Crippen molar-refractivity contribution in [2.24, 2.45) is 0 Å². The van der Waals surface area contributed by atoms with Crippen molar-refractivity contribution >= 4 is 94.4 Å². The molecule has 3 aromatic heterocycles. The van der Waals surface area contributed by atoms with Crippen molar-refractivity contribution in [3.8, 4) is 22.5 Å². The van der Waals surface area contributed by atoms with Gasteiger partial charge in [-0.3, -0.25) is 0 Å². The summed E-state index contributed by atoms with van der Waals surface area (Å²) in [6, 6.07) is 89.0. The van der Waals surface area contributed by atoms with Crippen LogP contribution < -0.4 is 20.7 Å². The van der Waals surface area contributed by atoms with Gasteiger partial charge in [0.05, 0.1) is 27.8 Å². The first-order chi connectivity index (χ1) is 31.8. The summed E-state index contributed by atoms with van der Waals surface area (Å²) >= 11 is 0. The van der Waals surface area contributed by atoms with E-state index in [0.29, 0.717) is 0 Å². The lowest BCUT2D eigenvalue weighted by atomic mass is 9.97. The molecule has 0 fully saturated rings. The van der Waals surface area contributed by atoms with E-state index >= 15 is 0 Å². The first kappa shape index (κ1) is 36.5. The Morgan fingerprint density at radius 2 is 0.844 bits per heavy atom. The Kier molecular flexibility index (Phi) is 8.23. The summed E-state index contributed by atoms with van der Waals surface area (Å²) < 4.78 is 11.8. The zero-order valence-corrected chi connectivity index (χ0v) is 35.9. The van der Waals surface area contributed by atoms with Gasteiger partial charge in [0.15, 0.2) is 8.07 Å². The van der Waals surface area contributed by atoms with E-state index in [1.54, 1.807) is 0 Å².